The van der Waals surface area contributed by atoms with Crippen LogP contribution in [-0.2, 0) is 6.54 Å². The molecule has 0 spiro atoms. The number of thiophene rings is 1. The second kappa shape index (κ2) is 4.78. The van der Waals surface area contributed by atoms with E-state index in [0.717, 1.165) is 23.0 Å². The van der Waals surface area contributed by atoms with Crippen LogP contribution in [0.2, 0.25) is 0 Å². The monoisotopic (exact) mass is 271 g/mol. The number of amidine groups is 1. The molecule has 0 saturated heterocycles. The Hall–Kier alpha value is -2.27. The highest BCUT2D eigenvalue weighted by Gasteiger charge is 2.06. The van der Waals surface area contributed by atoms with E-state index in [1.807, 2.05) is 24.3 Å². The van der Waals surface area contributed by atoms with Gasteiger partial charge in [0, 0.05) is 22.2 Å². The van der Waals surface area contributed by atoms with E-state index in [9.17, 15) is 0 Å². The van der Waals surface area contributed by atoms with E-state index in [0.29, 0.717) is 0 Å². The van der Waals surface area contributed by atoms with Crippen molar-refractivity contribution in [1.29, 1.82) is 0 Å². The SMILES string of the molecule is N/C(=N/O)c1ccc2ccn(Cc3cccs3)c2c1. The van der Waals surface area contributed by atoms with Gasteiger partial charge in [-0.25, -0.2) is 0 Å². The summed E-state index contributed by atoms with van der Waals surface area (Å²) in [6.45, 7) is 0.834. The number of hydrogen-bond donors (Lipinski definition) is 2. The van der Waals surface area contributed by atoms with Crippen molar-refractivity contribution in [2.45, 2.75) is 6.54 Å². The molecule has 3 rings (SSSR count). The molecule has 0 fully saturated rings. The second-order valence-corrected chi connectivity index (χ2v) is 5.31. The summed E-state index contributed by atoms with van der Waals surface area (Å²) in [6, 6.07) is 12.0. The van der Waals surface area contributed by atoms with Crippen molar-refractivity contribution in [1.82, 2.24) is 4.57 Å². The Labute approximate surface area is 114 Å². The maximum Gasteiger partial charge on any atom is 0.170 e. The van der Waals surface area contributed by atoms with Gasteiger partial charge in [-0.2, -0.15) is 0 Å². The first-order valence-electron chi connectivity index (χ1n) is 5.87. The van der Waals surface area contributed by atoms with E-state index in [1.165, 1.54) is 4.88 Å². The summed E-state index contributed by atoms with van der Waals surface area (Å²) in [5, 5.41) is 15.0. The molecular formula is C14H13N3OS. The Morgan fingerprint density at radius 1 is 1.32 bits per heavy atom. The fourth-order valence-electron chi connectivity index (χ4n) is 2.11. The molecule has 5 heteroatoms. The van der Waals surface area contributed by atoms with Crippen LogP contribution in [0.5, 0.6) is 0 Å². The van der Waals surface area contributed by atoms with E-state index in [2.05, 4.69) is 33.4 Å². The van der Waals surface area contributed by atoms with Crippen LogP contribution in [0.25, 0.3) is 10.9 Å². The first kappa shape index (κ1) is 11.8. The van der Waals surface area contributed by atoms with Gasteiger partial charge in [-0.15, -0.1) is 11.3 Å². The van der Waals surface area contributed by atoms with Crippen molar-refractivity contribution in [3.05, 3.63) is 58.4 Å². The molecule has 19 heavy (non-hydrogen) atoms. The van der Waals surface area contributed by atoms with Gasteiger partial charge in [0.25, 0.3) is 0 Å². The minimum Gasteiger partial charge on any atom is -0.409 e. The summed E-state index contributed by atoms with van der Waals surface area (Å²) in [5.41, 5.74) is 7.44. The lowest BCUT2D eigenvalue weighted by atomic mass is 10.1. The highest BCUT2D eigenvalue weighted by molar-refractivity contribution is 7.09. The number of nitrogens with two attached hydrogens (primary N) is 1. The fraction of sp³-hybridized carbons (Fsp3) is 0.0714. The number of aromatic nitrogens is 1. The molecule has 96 valence electrons. The van der Waals surface area contributed by atoms with Crippen molar-refractivity contribution >= 4 is 28.1 Å². The third-order valence-corrected chi connectivity index (χ3v) is 3.94. The number of benzene rings is 1. The molecule has 0 radical (unpaired) electrons. The Kier molecular flexibility index (Phi) is 2.97. The molecule has 0 bridgehead atoms. The van der Waals surface area contributed by atoms with Crippen LogP contribution in [-0.4, -0.2) is 15.6 Å². The number of nitrogens with zero attached hydrogens (tertiary/aromatic N) is 2. The van der Waals surface area contributed by atoms with Gasteiger partial charge >= 0.3 is 0 Å². The molecule has 0 saturated carbocycles. The molecule has 3 N–H and O–H groups in total. The molecular weight excluding hydrogens is 258 g/mol. The quantitative estimate of drug-likeness (QED) is 0.333. The van der Waals surface area contributed by atoms with Gasteiger partial charge in [-0.05, 0) is 29.0 Å². The minimum atomic E-state index is 0.130. The molecule has 0 atom stereocenters. The van der Waals surface area contributed by atoms with E-state index in [-0.39, 0.29) is 5.84 Å². The van der Waals surface area contributed by atoms with Crippen LogP contribution >= 0.6 is 11.3 Å². The zero-order valence-electron chi connectivity index (χ0n) is 10.2. The van der Waals surface area contributed by atoms with E-state index in [4.69, 9.17) is 10.9 Å². The average molecular weight is 271 g/mol. The molecule has 0 amide bonds. The van der Waals surface area contributed by atoms with Gasteiger partial charge < -0.3 is 15.5 Å². The van der Waals surface area contributed by atoms with Crippen molar-refractivity contribution < 1.29 is 5.21 Å². The molecule has 0 aliphatic rings. The zero-order valence-corrected chi connectivity index (χ0v) is 11.0. The van der Waals surface area contributed by atoms with Gasteiger partial charge in [0.15, 0.2) is 5.84 Å². The normalized spacial score (nSPS) is 12.1. The largest absolute Gasteiger partial charge is 0.409 e. The summed E-state index contributed by atoms with van der Waals surface area (Å²) >= 11 is 1.74. The summed E-state index contributed by atoms with van der Waals surface area (Å²) in [4.78, 5) is 1.30. The summed E-state index contributed by atoms with van der Waals surface area (Å²) in [7, 11) is 0. The van der Waals surface area contributed by atoms with Gasteiger partial charge in [0.2, 0.25) is 0 Å². The second-order valence-electron chi connectivity index (χ2n) is 4.28. The van der Waals surface area contributed by atoms with E-state index < -0.39 is 0 Å². The van der Waals surface area contributed by atoms with Crippen LogP contribution in [0.4, 0.5) is 0 Å². The zero-order chi connectivity index (χ0) is 13.2. The van der Waals surface area contributed by atoms with Crippen molar-refractivity contribution in [3.63, 3.8) is 0 Å². The Morgan fingerprint density at radius 3 is 2.95 bits per heavy atom. The third-order valence-electron chi connectivity index (χ3n) is 3.08. The molecule has 1 aromatic carbocycles. The fourth-order valence-corrected chi connectivity index (χ4v) is 2.81. The first-order chi connectivity index (χ1) is 9.28. The molecule has 0 aliphatic heterocycles. The van der Waals surface area contributed by atoms with Gasteiger partial charge in [-0.1, -0.05) is 23.4 Å². The molecule has 4 nitrogen and oxygen atoms in total. The first-order valence-corrected chi connectivity index (χ1v) is 6.75. The molecule has 2 heterocycles. The molecule has 0 unspecified atom stereocenters. The lowest BCUT2D eigenvalue weighted by molar-refractivity contribution is 0.318. The number of oxime groups is 1. The maximum absolute atomic E-state index is 8.75. The molecule has 3 aromatic rings. The van der Waals surface area contributed by atoms with Crippen molar-refractivity contribution in [2.75, 3.05) is 0 Å². The van der Waals surface area contributed by atoms with Crippen LogP contribution in [0, 0.1) is 0 Å². The van der Waals surface area contributed by atoms with Gasteiger partial charge in [-0.3, -0.25) is 0 Å². The molecule has 0 aliphatic carbocycles. The van der Waals surface area contributed by atoms with Gasteiger partial charge in [0.1, 0.15) is 0 Å². The summed E-state index contributed by atoms with van der Waals surface area (Å²) < 4.78 is 2.16. The van der Waals surface area contributed by atoms with Gasteiger partial charge in [0.05, 0.1) is 6.54 Å². The Bertz CT molecular complexity index is 728. The van der Waals surface area contributed by atoms with Crippen molar-refractivity contribution in [3.8, 4) is 0 Å². The minimum absolute atomic E-state index is 0.130. The lowest BCUT2D eigenvalue weighted by Crippen LogP contribution is -2.12. The average Bonchev–Trinajstić information content (AvgIpc) is 3.08. The number of hydrogen-bond acceptors (Lipinski definition) is 3. The summed E-state index contributed by atoms with van der Waals surface area (Å²) in [5.74, 6) is 0.130. The maximum atomic E-state index is 8.75. The topological polar surface area (TPSA) is 63.5 Å². The number of fused-ring (bicyclic) bond motifs is 1. The van der Waals surface area contributed by atoms with Crippen LogP contribution in [0.1, 0.15) is 10.4 Å². The van der Waals surface area contributed by atoms with E-state index in [1.54, 1.807) is 11.3 Å². The third kappa shape index (κ3) is 2.20. The summed E-state index contributed by atoms with van der Waals surface area (Å²) in [6.07, 6.45) is 2.06. The predicted octanol–water partition coefficient (Wildman–Crippen LogP) is 2.85. The van der Waals surface area contributed by atoms with Crippen LogP contribution < -0.4 is 5.73 Å². The van der Waals surface area contributed by atoms with E-state index >= 15 is 0 Å². The highest BCUT2D eigenvalue weighted by atomic mass is 32.1. The number of rotatable bonds is 3. The highest BCUT2D eigenvalue weighted by Crippen LogP contribution is 2.20. The predicted molar refractivity (Wildman–Crippen MR) is 77.9 cm³/mol. The smallest absolute Gasteiger partial charge is 0.170 e. The Balaban J connectivity index is 2.05. The lowest BCUT2D eigenvalue weighted by Gasteiger charge is -2.05. The molecule has 2 aromatic heterocycles. The standard InChI is InChI=1S/C14H13N3OS/c15-14(16-18)11-4-3-10-5-6-17(13(10)8-11)9-12-2-1-7-19-12/h1-8,18H,9H2,(H2,15,16). The van der Waals surface area contributed by atoms with Crippen molar-refractivity contribution in [2.24, 2.45) is 10.9 Å². The Morgan fingerprint density at radius 2 is 2.21 bits per heavy atom. The van der Waals surface area contributed by atoms with Crippen LogP contribution in [0.15, 0.2) is 53.1 Å². The van der Waals surface area contributed by atoms with Crippen LogP contribution in [0.3, 0.4) is 0 Å².